The topological polar surface area (TPSA) is 43.4 Å². The molecule has 13 heavy (non-hydrogen) atoms. The second-order valence-corrected chi connectivity index (χ2v) is 4.92. The fourth-order valence-corrected chi connectivity index (χ4v) is 2.24. The van der Waals surface area contributed by atoms with Gasteiger partial charge in [0.15, 0.2) is 0 Å². The fourth-order valence-electron chi connectivity index (χ4n) is 1.52. The molecule has 1 atom stereocenters. The third-order valence-corrected chi connectivity index (χ3v) is 3.49. The molecule has 0 bridgehead atoms. The van der Waals surface area contributed by atoms with E-state index in [1.54, 1.807) is 11.8 Å². The number of amides is 1. The summed E-state index contributed by atoms with van der Waals surface area (Å²) >= 11 is -1.29. The van der Waals surface area contributed by atoms with Crippen LogP contribution in [0.3, 0.4) is 0 Å². The minimum absolute atomic E-state index is 0.163. The Balaban J connectivity index is 2.43. The second-order valence-electron chi connectivity index (χ2n) is 3.30. The average Bonchev–Trinajstić information content (AvgIpc) is 2.43. The first-order chi connectivity index (χ1) is 6.25. The van der Waals surface area contributed by atoms with Crippen LogP contribution in [-0.2, 0) is 11.2 Å². The smallest absolute Gasteiger partial charge is 0.429 e. The molecule has 0 saturated carbocycles. The van der Waals surface area contributed by atoms with Crippen molar-refractivity contribution in [2.75, 3.05) is 18.8 Å². The minimum Gasteiger partial charge on any atom is -0.608 e. The third kappa shape index (κ3) is 3.19. The van der Waals surface area contributed by atoms with E-state index in [1.165, 1.54) is 12.8 Å². The lowest BCUT2D eigenvalue weighted by molar-refractivity contribution is 0.222. The van der Waals surface area contributed by atoms with Crippen molar-refractivity contribution in [3.05, 3.63) is 0 Å². The molecular weight excluding hydrogens is 186 g/mol. The fraction of sp³-hybridized carbons (Fsp3) is 0.889. The van der Waals surface area contributed by atoms with Gasteiger partial charge in [-0.3, -0.25) is 4.90 Å². The molecule has 1 fully saturated rings. The van der Waals surface area contributed by atoms with Crippen LogP contribution in [0.2, 0.25) is 0 Å². The summed E-state index contributed by atoms with van der Waals surface area (Å²) in [4.78, 5) is 13.3. The Kier molecular flexibility index (Phi) is 4.59. The zero-order chi connectivity index (χ0) is 9.68. The van der Waals surface area contributed by atoms with Crippen molar-refractivity contribution in [2.24, 2.45) is 0 Å². The molecule has 1 aliphatic rings. The average molecular weight is 203 g/mol. The summed E-state index contributed by atoms with van der Waals surface area (Å²) in [6, 6.07) is 0. The van der Waals surface area contributed by atoms with Crippen molar-refractivity contribution in [2.45, 2.75) is 32.6 Å². The van der Waals surface area contributed by atoms with E-state index < -0.39 is 11.2 Å². The van der Waals surface area contributed by atoms with Crippen LogP contribution < -0.4 is 0 Å². The van der Waals surface area contributed by atoms with Gasteiger partial charge in [0.1, 0.15) is 5.75 Å². The van der Waals surface area contributed by atoms with Crippen molar-refractivity contribution in [3.8, 4) is 0 Å². The first-order valence-electron chi connectivity index (χ1n) is 4.93. The van der Waals surface area contributed by atoms with Crippen LogP contribution in [0.4, 0.5) is 4.79 Å². The summed E-state index contributed by atoms with van der Waals surface area (Å²) in [5, 5.41) is -0.163. The van der Waals surface area contributed by atoms with Crippen LogP contribution in [0.1, 0.15) is 32.6 Å². The van der Waals surface area contributed by atoms with Gasteiger partial charge in [-0.2, -0.15) is 0 Å². The summed E-state index contributed by atoms with van der Waals surface area (Å²) in [6.45, 7) is 3.38. The normalized spacial score (nSPS) is 20.9. The number of carbonyl (C=O) groups is 1. The summed E-state index contributed by atoms with van der Waals surface area (Å²) < 4.78 is 11.2. The Morgan fingerprint density at radius 2 is 1.85 bits per heavy atom. The molecule has 1 unspecified atom stereocenters. The maximum atomic E-state index is 11.5. The van der Waals surface area contributed by atoms with Gasteiger partial charge in [-0.05, 0) is 19.8 Å². The van der Waals surface area contributed by atoms with E-state index in [-0.39, 0.29) is 5.24 Å². The Bertz CT molecular complexity index is 167. The zero-order valence-corrected chi connectivity index (χ0v) is 8.94. The van der Waals surface area contributed by atoms with E-state index in [4.69, 9.17) is 0 Å². The quantitative estimate of drug-likeness (QED) is 0.609. The molecule has 0 aromatic rings. The Morgan fingerprint density at radius 1 is 1.31 bits per heavy atom. The van der Waals surface area contributed by atoms with Gasteiger partial charge < -0.3 is 4.55 Å². The highest BCUT2D eigenvalue weighted by Crippen LogP contribution is 2.12. The minimum atomic E-state index is -1.29. The largest absolute Gasteiger partial charge is 0.608 e. The molecule has 0 N–H and O–H groups in total. The molecule has 0 aliphatic carbocycles. The Morgan fingerprint density at radius 3 is 2.31 bits per heavy atom. The van der Waals surface area contributed by atoms with Gasteiger partial charge in [-0.25, -0.2) is 4.79 Å². The highest BCUT2D eigenvalue weighted by atomic mass is 32.2. The van der Waals surface area contributed by atoms with Gasteiger partial charge in [0.25, 0.3) is 0 Å². The summed E-state index contributed by atoms with van der Waals surface area (Å²) in [5.74, 6) is 0.440. The van der Waals surface area contributed by atoms with E-state index in [2.05, 4.69) is 0 Å². The Labute approximate surface area is 82.7 Å². The van der Waals surface area contributed by atoms with E-state index in [0.29, 0.717) is 5.75 Å². The second kappa shape index (κ2) is 5.50. The summed E-state index contributed by atoms with van der Waals surface area (Å²) in [7, 11) is 0. The molecule has 3 nitrogen and oxygen atoms in total. The number of nitrogens with zero attached hydrogens (tertiary/aromatic N) is 1. The van der Waals surface area contributed by atoms with Gasteiger partial charge in [0.05, 0.1) is 0 Å². The van der Waals surface area contributed by atoms with Gasteiger partial charge >= 0.3 is 5.24 Å². The molecule has 0 spiro atoms. The lowest BCUT2D eigenvalue weighted by Gasteiger charge is -2.19. The van der Waals surface area contributed by atoms with Crippen LogP contribution in [0.25, 0.3) is 0 Å². The van der Waals surface area contributed by atoms with Crippen molar-refractivity contribution >= 4 is 16.4 Å². The zero-order valence-electron chi connectivity index (χ0n) is 8.12. The van der Waals surface area contributed by atoms with Crippen LogP contribution >= 0.6 is 0 Å². The van der Waals surface area contributed by atoms with Gasteiger partial charge in [0, 0.05) is 24.3 Å². The van der Waals surface area contributed by atoms with Gasteiger partial charge in [-0.1, -0.05) is 12.8 Å². The lowest BCUT2D eigenvalue weighted by atomic mass is 10.2. The maximum absolute atomic E-state index is 11.5. The number of hydrogen-bond acceptors (Lipinski definition) is 2. The monoisotopic (exact) mass is 203 g/mol. The molecule has 76 valence electrons. The molecule has 1 aliphatic heterocycles. The predicted octanol–water partition coefficient (Wildman–Crippen LogP) is 1.75. The molecule has 1 heterocycles. The number of likely N-dealkylation sites (tertiary alicyclic amines) is 1. The van der Waals surface area contributed by atoms with Crippen LogP contribution in [0.5, 0.6) is 0 Å². The molecule has 1 rings (SSSR count). The van der Waals surface area contributed by atoms with Gasteiger partial charge in [-0.15, -0.1) is 0 Å². The van der Waals surface area contributed by atoms with Crippen LogP contribution in [-0.4, -0.2) is 33.5 Å². The maximum Gasteiger partial charge on any atom is 0.429 e. The first kappa shape index (κ1) is 10.9. The summed E-state index contributed by atoms with van der Waals surface area (Å²) in [6.07, 6.45) is 4.52. The molecule has 0 radical (unpaired) electrons. The molecule has 4 heteroatoms. The van der Waals surface area contributed by atoms with Crippen molar-refractivity contribution in [1.82, 2.24) is 4.90 Å². The van der Waals surface area contributed by atoms with Crippen LogP contribution in [0.15, 0.2) is 0 Å². The highest BCUT2D eigenvalue weighted by molar-refractivity contribution is 8.05. The first-order valence-corrected chi connectivity index (χ1v) is 6.25. The van der Waals surface area contributed by atoms with Crippen molar-refractivity contribution in [1.29, 1.82) is 0 Å². The number of carbonyl (C=O) groups excluding carboxylic acids is 1. The SMILES string of the molecule is CC[S+]([O-])C(=O)N1CCCCCC1. The summed E-state index contributed by atoms with van der Waals surface area (Å²) in [5.41, 5.74) is 0. The van der Waals surface area contributed by atoms with Crippen molar-refractivity contribution < 1.29 is 9.35 Å². The highest BCUT2D eigenvalue weighted by Gasteiger charge is 2.25. The Hall–Kier alpha value is -0.220. The molecule has 1 saturated heterocycles. The van der Waals surface area contributed by atoms with Gasteiger partial charge in [0.2, 0.25) is 0 Å². The lowest BCUT2D eigenvalue weighted by Crippen LogP contribution is -2.36. The number of hydrogen-bond donors (Lipinski definition) is 0. The number of rotatable bonds is 1. The van der Waals surface area contributed by atoms with E-state index in [9.17, 15) is 9.35 Å². The van der Waals surface area contributed by atoms with E-state index >= 15 is 0 Å². The standard InChI is InChI=1S/C9H17NO2S/c1-2-13(12)9(11)10-7-5-3-4-6-8-10/h2-8H2,1H3. The predicted molar refractivity (Wildman–Crippen MR) is 54.1 cm³/mol. The molecule has 0 aromatic carbocycles. The van der Waals surface area contributed by atoms with Crippen LogP contribution in [0, 0.1) is 0 Å². The molecular formula is C9H17NO2S. The van der Waals surface area contributed by atoms with E-state index in [1.807, 2.05) is 0 Å². The molecule has 1 amide bonds. The molecule has 0 aromatic heterocycles. The van der Waals surface area contributed by atoms with E-state index in [0.717, 1.165) is 25.9 Å². The van der Waals surface area contributed by atoms with Crippen molar-refractivity contribution in [3.63, 3.8) is 0 Å². The third-order valence-electron chi connectivity index (χ3n) is 2.32.